The minimum atomic E-state index is 0.154. The summed E-state index contributed by atoms with van der Waals surface area (Å²) in [4.78, 5) is 11.4. The third kappa shape index (κ3) is 2.56. The average Bonchev–Trinajstić information content (AvgIpc) is 2.39. The van der Waals surface area contributed by atoms with Gasteiger partial charge in [-0.1, -0.05) is 12.1 Å². The number of carbonyl (C=O) groups is 1. The van der Waals surface area contributed by atoms with Crippen molar-refractivity contribution in [1.82, 2.24) is 5.32 Å². The molecular weight excluding hydrogens is 224 g/mol. The van der Waals surface area contributed by atoms with E-state index in [1.807, 2.05) is 0 Å². The Kier molecular flexibility index (Phi) is 3.33. The summed E-state index contributed by atoms with van der Waals surface area (Å²) in [5, 5.41) is 6.39. The normalized spacial score (nSPS) is 20.3. The SMILES string of the molecule is O=C1CCc2ccc(CC3CCNCC3)cc2N1. The highest BCUT2D eigenvalue weighted by Gasteiger charge is 2.17. The lowest BCUT2D eigenvalue weighted by molar-refractivity contribution is -0.116. The monoisotopic (exact) mass is 244 g/mol. The van der Waals surface area contributed by atoms with E-state index in [9.17, 15) is 4.79 Å². The molecule has 0 bridgehead atoms. The van der Waals surface area contributed by atoms with Crippen LogP contribution in [0.4, 0.5) is 5.69 Å². The Morgan fingerprint density at radius 2 is 2.00 bits per heavy atom. The van der Waals surface area contributed by atoms with Crippen LogP contribution in [0.5, 0.6) is 0 Å². The van der Waals surface area contributed by atoms with E-state index in [4.69, 9.17) is 0 Å². The Bertz CT molecular complexity index is 450. The standard InChI is InChI=1S/C15H20N2O/c18-15-4-3-13-2-1-12(10-14(13)17-15)9-11-5-7-16-8-6-11/h1-2,10-11,16H,3-9H2,(H,17,18). The van der Waals surface area contributed by atoms with Crippen LogP contribution in [-0.4, -0.2) is 19.0 Å². The number of anilines is 1. The Morgan fingerprint density at radius 3 is 2.83 bits per heavy atom. The number of fused-ring (bicyclic) bond motifs is 1. The fourth-order valence-corrected chi connectivity index (χ4v) is 2.97. The summed E-state index contributed by atoms with van der Waals surface area (Å²) in [5.74, 6) is 0.949. The van der Waals surface area contributed by atoms with E-state index in [0.717, 1.165) is 37.5 Å². The van der Waals surface area contributed by atoms with Crippen molar-refractivity contribution in [3.05, 3.63) is 29.3 Å². The average molecular weight is 244 g/mol. The first-order valence-electron chi connectivity index (χ1n) is 6.93. The van der Waals surface area contributed by atoms with Gasteiger partial charge in [0, 0.05) is 12.1 Å². The van der Waals surface area contributed by atoms with Gasteiger partial charge in [0.15, 0.2) is 0 Å². The molecule has 1 aromatic rings. The second kappa shape index (κ2) is 5.11. The number of nitrogens with one attached hydrogen (secondary N) is 2. The summed E-state index contributed by atoms with van der Waals surface area (Å²) in [6.07, 6.45) is 5.19. The Hall–Kier alpha value is -1.35. The highest BCUT2D eigenvalue weighted by molar-refractivity contribution is 5.93. The predicted octanol–water partition coefficient (Wildman–Crippen LogP) is 2.11. The first-order chi connectivity index (χ1) is 8.81. The molecule has 2 aliphatic heterocycles. The van der Waals surface area contributed by atoms with Gasteiger partial charge in [0.1, 0.15) is 0 Å². The molecule has 0 aromatic heterocycles. The van der Waals surface area contributed by atoms with Gasteiger partial charge in [-0.25, -0.2) is 0 Å². The minimum absolute atomic E-state index is 0.154. The summed E-state index contributed by atoms with van der Waals surface area (Å²) < 4.78 is 0. The molecule has 3 nitrogen and oxygen atoms in total. The largest absolute Gasteiger partial charge is 0.326 e. The molecule has 0 saturated carbocycles. The zero-order valence-electron chi connectivity index (χ0n) is 10.7. The van der Waals surface area contributed by atoms with Crippen LogP contribution in [0.15, 0.2) is 18.2 Å². The number of rotatable bonds is 2. The van der Waals surface area contributed by atoms with Gasteiger partial charge in [-0.05, 0) is 61.9 Å². The first-order valence-corrected chi connectivity index (χ1v) is 6.93. The number of benzene rings is 1. The molecule has 18 heavy (non-hydrogen) atoms. The molecule has 1 amide bonds. The van der Waals surface area contributed by atoms with Crippen molar-refractivity contribution in [3.8, 4) is 0 Å². The van der Waals surface area contributed by atoms with Gasteiger partial charge in [-0.2, -0.15) is 0 Å². The lowest BCUT2D eigenvalue weighted by Gasteiger charge is -2.23. The molecule has 0 atom stereocenters. The lowest BCUT2D eigenvalue weighted by Crippen LogP contribution is -2.28. The van der Waals surface area contributed by atoms with E-state index >= 15 is 0 Å². The molecule has 0 unspecified atom stereocenters. The molecule has 0 aliphatic carbocycles. The van der Waals surface area contributed by atoms with Gasteiger partial charge in [0.2, 0.25) is 5.91 Å². The third-order valence-electron chi connectivity index (χ3n) is 4.05. The fourth-order valence-electron chi connectivity index (χ4n) is 2.97. The zero-order valence-corrected chi connectivity index (χ0v) is 10.7. The number of piperidine rings is 1. The second-order valence-corrected chi connectivity index (χ2v) is 5.44. The second-order valence-electron chi connectivity index (χ2n) is 5.44. The van der Waals surface area contributed by atoms with E-state index in [-0.39, 0.29) is 5.91 Å². The van der Waals surface area contributed by atoms with E-state index in [1.54, 1.807) is 0 Å². The first kappa shape index (κ1) is 11.7. The molecule has 1 saturated heterocycles. The third-order valence-corrected chi connectivity index (χ3v) is 4.05. The van der Waals surface area contributed by atoms with Crippen LogP contribution in [0.1, 0.15) is 30.4 Å². The van der Waals surface area contributed by atoms with Crippen LogP contribution >= 0.6 is 0 Å². The van der Waals surface area contributed by atoms with E-state index < -0.39 is 0 Å². The minimum Gasteiger partial charge on any atom is -0.326 e. The molecule has 1 fully saturated rings. The molecule has 0 radical (unpaired) electrons. The lowest BCUT2D eigenvalue weighted by atomic mass is 9.89. The van der Waals surface area contributed by atoms with Gasteiger partial charge in [-0.15, -0.1) is 0 Å². The van der Waals surface area contributed by atoms with Crippen LogP contribution < -0.4 is 10.6 Å². The number of aryl methyl sites for hydroxylation is 1. The van der Waals surface area contributed by atoms with Crippen molar-refractivity contribution in [2.24, 2.45) is 5.92 Å². The number of hydrogen-bond acceptors (Lipinski definition) is 2. The van der Waals surface area contributed by atoms with Crippen molar-refractivity contribution < 1.29 is 4.79 Å². The van der Waals surface area contributed by atoms with Crippen LogP contribution in [0.25, 0.3) is 0 Å². The topological polar surface area (TPSA) is 41.1 Å². The summed E-state index contributed by atoms with van der Waals surface area (Å²) in [6, 6.07) is 6.60. The maximum Gasteiger partial charge on any atom is 0.224 e. The van der Waals surface area contributed by atoms with Gasteiger partial charge in [0.25, 0.3) is 0 Å². The van der Waals surface area contributed by atoms with E-state index in [0.29, 0.717) is 6.42 Å². The molecule has 2 heterocycles. The van der Waals surface area contributed by atoms with Crippen LogP contribution in [-0.2, 0) is 17.6 Å². The summed E-state index contributed by atoms with van der Waals surface area (Å²) in [7, 11) is 0. The van der Waals surface area contributed by atoms with Gasteiger partial charge in [0.05, 0.1) is 0 Å². The quantitative estimate of drug-likeness (QED) is 0.836. The number of amides is 1. The Morgan fingerprint density at radius 1 is 1.17 bits per heavy atom. The number of hydrogen-bond donors (Lipinski definition) is 2. The Balaban J connectivity index is 1.73. The summed E-state index contributed by atoms with van der Waals surface area (Å²) in [6.45, 7) is 2.29. The van der Waals surface area contributed by atoms with Crippen molar-refractivity contribution in [3.63, 3.8) is 0 Å². The predicted molar refractivity (Wildman–Crippen MR) is 72.7 cm³/mol. The van der Waals surface area contributed by atoms with Gasteiger partial charge < -0.3 is 10.6 Å². The molecule has 1 aromatic carbocycles. The van der Waals surface area contributed by atoms with E-state index in [2.05, 4.69) is 28.8 Å². The molecule has 96 valence electrons. The highest BCUT2D eigenvalue weighted by Crippen LogP contribution is 2.26. The molecule has 0 spiro atoms. The van der Waals surface area contributed by atoms with Gasteiger partial charge >= 0.3 is 0 Å². The zero-order chi connectivity index (χ0) is 12.4. The van der Waals surface area contributed by atoms with E-state index in [1.165, 1.54) is 24.0 Å². The molecular formula is C15H20N2O. The van der Waals surface area contributed by atoms with Crippen molar-refractivity contribution >= 4 is 11.6 Å². The maximum absolute atomic E-state index is 11.4. The van der Waals surface area contributed by atoms with Crippen molar-refractivity contribution in [2.45, 2.75) is 32.1 Å². The Labute approximate surface area is 108 Å². The fraction of sp³-hybridized carbons (Fsp3) is 0.533. The smallest absolute Gasteiger partial charge is 0.224 e. The summed E-state index contributed by atoms with van der Waals surface area (Å²) in [5.41, 5.74) is 3.68. The van der Waals surface area contributed by atoms with Crippen LogP contribution in [0.3, 0.4) is 0 Å². The molecule has 2 N–H and O–H groups in total. The molecule has 2 aliphatic rings. The summed E-state index contributed by atoms with van der Waals surface area (Å²) >= 11 is 0. The van der Waals surface area contributed by atoms with Gasteiger partial charge in [-0.3, -0.25) is 4.79 Å². The molecule has 3 heteroatoms. The van der Waals surface area contributed by atoms with Crippen molar-refractivity contribution in [1.29, 1.82) is 0 Å². The maximum atomic E-state index is 11.4. The highest BCUT2D eigenvalue weighted by atomic mass is 16.1. The molecule has 3 rings (SSSR count). The van der Waals surface area contributed by atoms with Crippen molar-refractivity contribution in [2.75, 3.05) is 18.4 Å². The van der Waals surface area contributed by atoms with Crippen LogP contribution in [0, 0.1) is 5.92 Å². The number of carbonyl (C=O) groups excluding carboxylic acids is 1. The van der Waals surface area contributed by atoms with Crippen LogP contribution in [0.2, 0.25) is 0 Å².